The van der Waals surface area contributed by atoms with Crippen molar-refractivity contribution in [3.8, 4) is 22.5 Å². The number of aryl methyl sites for hydroxylation is 1. The molecule has 8 heteroatoms. The van der Waals surface area contributed by atoms with E-state index in [9.17, 15) is 9.90 Å². The number of fused-ring (bicyclic) bond motifs is 1. The molecule has 4 aromatic heterocycles. The molecule has 1 aliphatic heterocycles. The van der Waals surface area contributed by atoms with Crippen molar-refractivity contribution in [3.05, 3.63) is 71.3 Å². The smallest absolute Gasteiger partial charge is 0.261 e. The zero-order valence-electron chi connectivity index (χ0n) is 16.3. The van der Waals surface area contributed by atoms with Gasteiger partial charge in [0.05, 0.1) is 42.4 Å². The van der Waals surface area contributed by atoms with Gasteiger partial charge >= 0.3 is 0 Å². The van der Waals surface area contributed by atoms with Crippen LogP contribution in [0.15, 0.2) is 60.0 Å². The van der Waals surface area contributed by atoms with E-state index >= 15 is 0 Å². The summed E-state index contributed by atoms with van der Waals surface area (Å²) < 4.78 is 6.77. The molecule has 30 heavy (non-hydrogen) atoms. The van der Waals surface area contributed by atoms with E-state index in [1.165, 1.54) is 10.9 Å². The van der Waals surface area contributed by atoms with Crippen molar-refractivity contribution in [1.82, 2.24) is 24.5 Å². The molecule has 4 aromatic rings. The zero-order chi connectivity index (χ0) is 20.7. The van der Waals surface area contributed by atoms with Gasteiger partial charge in [-0.05, 0) is 37.3 Å². The van der Waals surface area contributed by atoms with E-state index < -0.39 is 12.1 Å². The molecule has 0 spiro atoms. The molecule has 0 unspecified atom stereocenters. The first-order valence-corrected chi connectivity index (χ1v) is 9.63. The average molecular weight is 401 g/mol. The van der Waals surface area contributed by atoms with Gasteiger partial charge in [-0.2, -0.15) is 0 Å². The number of aromatic nitrogens is 5. The van der Waals surface area contributed by atoms with Crippen LogP contribution >= 0.6 is 0 Å². The largest absolute Gasteiger partial charge is 0.388 e. The first kappa shape index (κ1) is 18.5. The Morgan fingerprint density at radius 1 is 1.13 bits per heavy atom. The van der Waals surface area contributed by atoms with Crippen LogP contribution < -0.4 is 5.56 Å². The van der Waals surface area contributed by atoms with Crippen LogP contribution in [0, 0.1) is 6.92 Å². The Morgan fingerprint density at radius 2 is 2.03 bits per heavy atom. The predicted molar refractivity (Wildman–Crippen MR) is 111 cm³/mol. The number of hydrogen-bond acceptors (Lipinski definition) is 7. The number of rotatable bonds is 3. The predicted octanol–water partition coefficient (Wildman–Crippen LogP) is 2.16. The fourth-order valence-electron chi connectivity index (χ4n) is 3.65. The normalized spacial score (nSPS) is 18.7. The Hall–Kier alpha value is -3.49. The number of ether oxygens (including phenoxy) is 1. The third-order valence-corrected chi connectivity index (χ3v) is 5.29. The van der Waals surface area contributed by atoms with Crippen molar-refractivity contribution in [2.75, 3.05) is 13.2 Å². The second-order valence-corrected chi connectivity index (χ2v) is 7.31. The molecular weight excluding hydrogens is 382 g/mol. The van der Waals surface area contributed by atoms with Crippen LogP contribution in [0.4, 0.5) is 0 Å². The van der Waals surface area contributed by atoms with Crippen LogP contribution in [-0.2, 0) is 4.74 Å². The molecule has 5 heterocycles. The maximum absolute atomic E-state index is 13.4. The van der Waals surface area contributed by atoms with E-state index in [-0.39, 0.29) is 18.8 Å². The van der Waals surface area contributed by atoms with Gasteiger partial charge in [0.15, 0.2) is 0 Å². The van der Waals surface area contributed by atoms with Crippen molar-refractivity contribution in [1.29, 1.82) is 0 Å². The summed E-state index contributed by atoms with van der Waals surface area (Å²) in [6, 6.07) is 8.79. The fourth-order valence-corrected chi connectivity index (χ4v) is 3.65. The van der Waals surface area contributed by atoms with Gasteiger partial charge in [0.2, 0.25) is 0 Å². The molecule has 1 aliphatic rings. The standard InChI is InChI=1S/C22H19N5O3/c1-13-4-5-14(9-24-13)17-7-16-21(20(26-17)15-3-2-6-23-8-15)25-12-27(22(16)29)18-10-30-11-19(18)28/h2-9,12,18-19,28H,10-11H2,1H3/t18-,19-/m1/s1. The van der Waals surface area contributed by atoms with Gasteiger partial charge in [0.25, 0.3) is 5.56 Å². The molecule has 2 atom stereocenters. The van der Waals surface area contributed by atoms with Crippen LogP contribution in [0.5, 0.6) is 0 Å². The Kier molecular flexibility index (Phi) is 4.57. The van der Waals surface area contributed by atoms with Crippen molar-refractivity contribution in [2.24, 2.45) is 0 Å². The Morgan fingerprint density at radius 3 is 2.73 bits per heavy atom. The van der Waals surface area contributed by atoms with E-state index in [1.807, 2.05) is 31.2 Å². The summed E-state index contributed by atoms with van der Waals surface area (Å²) in [6.07, 6.45) is 5.83. The Balaban J connectivity index is 1.78. The summed E-state index contributed by atoms with van der Waals surface area (Å²) in [5.41, 5.74) is 3.89. The molecule has 150 valence electrons. The number of hydrogen-bond donors (Lipinski definition) is 1. The first-order chi connectivity index (χ1) is 14.6. The second kappa shape index (κ2) is 7.40. The van der Waals surface area contributed by atoms with Crippen LogP contribution in [-0.4, -0.2) is 48.9 Å². The van der Waals surface area contributed by atoms with Gasteiger partial charge < -0.3 is 9.84 Å². The van der Waals surface area contributed by atoms with Crippen LogP contribution in [0.25, 0.3) is 33.4 Å². The lowest BCUT2D eigenvalue weighted by atomic mass is 10.1. The van der Waals surface area contributed by atoms with Gasteiger partial charge in [-0.15, -0.1) is 0 Å². The average Bonchev–Trinajstić information content (AvgIpc) is 3.20. The Bertz CT molecular complexity index is 1270. The molecule has 1 fully saturated rings. The number of pyridine rings is 3. The van der Waals surface area contributed by atoms with Gasteiger partial charge in [-0.3, -0.25) is 19.3 Å². The topological polar surface area (TPSA) is 103 Å². The fraction of sp³-hybridized carbons (Fsp3) is 0.227. The molecule has 0 amide bonds. The van der Waals surface area contributed by atoms with Crippen molar-refractivity contribution >= 4 is 10.9 Å². The van der Waals surface area contributed by atoms with Crippen LogP contribution in [0.2, 0.25) is 0 Å². The van der Waals surface area contributed by atoms with Crippen molar-refractivity contribution < 1.29 is 9.84 Å². The summed E-state index contributed by atoms with van der Waals surface area (Å²) in [5, 5.41) is 10.6. The summed E-state index contributed by atoms with van der Waals surface area (Å²) in [6.45, 7) is 2.38. The minimum Gasteiger partial charge on any atom is -0.388 e. The molecular formula is C22H19N5O3. The first-order valence-electron chi connectivity index (χ1n) is 9.63. The number of nitrogens with zero attached hydrogens (tertiary/aromatic N) is 5. The number of aliphatic hydroxyl groups excluding tert-OH is 1. The highest BCUT2D eigenvalue weighted by molar-refractivity contribution is 5.93. The van der Waals surface area contributed by atoms with E-state index in [2.05, 4.69) is 15.0 Å². The molecule has 0 aliphatic carbocycles. The van der Waals surface area contributed by atoms with Gasteiger partial charge in [-0.25, -0.2) is 9.97 Å². The van der Waals surface area contributed by atoms with E-state index in [4.69, 9.17) is 9.72 Å². The molecule has 5 rings (SSSR count). The Labute approximate surface area is 171 Å². The summed E-state index contributed by atoms with van der Waals surface area (Å²) >= 11 is 0. The molecule has 0 radical (unpaired) electrons. The highest BCUT2D eigenvalue weighted by atomic mass is 16.5. The summed E-state index contributed by atoms with van der Waals surface area (Å²) in [7, 11) is 0. The van der Waals surface area contributed by atoms with Gasteiger partial charge in [-0.1, -0.05) is 0 Å². The zero-order valence-corrected chi connectivity index (χ0v) is 16.3. The third kappa shape index (κ3) is 3.16. The van der Waals surface area contributed by atoms with Crippen molar-refractivity contribution in [2.45, 2.75) is 19.1 Å². The van der Waals surface area contributed by atoms with Crippen molar-refractivity contribution in [3.63, 3.8) is 0 Å². The molecule has 8 nitrogen and oxygen atoms in total. The second-order valence-electron chi connectivity index (χ2n) is 7.31. The van der Waals surface area contributed by atoms with Gasteiger partial charge in [0.1, 0.15) is 11.6 Å². The van der Waals surface area contributed by atoms with E-state index in [0.29, 0.717) is 22.3 Å². The molecule has 1 saturated heterocycles. The maximum atomic E-state index is 13.4. The minimum atomic E-state index is -0.748. The monoisotopic (exact) mass is 401 g/mol. The molecule has 0 bridgehead atoms. The highest BCUT2D eigenvalue weighted by Gasteiger charge is 2.29. The number of aliphatic hydroxyl groups is 1. The summed E-state index contributed by atoms with van der Waals surface area (Å²) in [5.74, 6) is 0. The third-order valence-electron chi connectivity index (χ3n) is 5.29. The van der Waals surface area contributed by atoms with Crippen LogP contribution in [0.3, 0.4) is 0 Å². The quantitative estimate of drug-likeness (QED) is 0.561. The molecule has 1 N–H and O–H groups in total. The lowest BCUT2D eigenvalue weighted by molar-refractivity contribution is 0.119. The highest BCUT2D eigenvalue weighted by Crippen LogP contribution is 2.29. The maximum Gasteiger partial charge on any atom is 0.261 e. The lowest BCUT2D eigenvalue weighted by Crippen LogP contribution is -2.32. The van der Waals surface area contributed by atoms with Gasteiger partial charge in [0, 0.05) is 35.4 Å². The lowest BCUT2D eigenvalue weighted by Gasteiger charge is -2.17. The summed E-state index contributed by atoms with van der Waals surface area (Å²) in [4.78, 5) is 31.2. The van der Waals surface area contributed by atoms with Crippen LogP contribution in [0.1, 0.15) is 11.7 Å². The molecule has 0 saturated carbocycles. The SMILES string of the molecule is Cc1ccc(-c2cc3c(=O)n([C@@H]4COC[C@H]4O)cnc3c(-c3cccnc3)n2)cn1. The molecule has 0 aromatic carbocycles. The minimum absolute atomic E-state index is 0.201. The van der Waals surface area contributed by atoms with E-state index in [0.717, 1.165) is 16.8 Å². The van der Waals surface area contributed by atoms with E-state index in [1.54, 1.807) is 24.7 Å².